The van der Waals surface area contributed by atoms with Crippen LogP contribution in [-0.2, 0) is 22.3 Å². The van der Waals surface area contributed by atoms with E-state index in [9.17, 15) is 18.0 Å². The zero-order chi connectivity index (χ0) is 24.7. The summed E-state index contributed by atoms with van der Waals surface area (Å²) in [5.74, 6) is 1.03. The first kappa shape index (κ1) is 25.1. The molecule has 0 radical (unpaired) electrons. The molecule has 0 N–H and O–H groups in total. The maximum absolute atomic E-state index is 12.9. The van der Waals surface area contributed by atoms with Gasteiger partial charge in [-0.1, -0.05) is 35.9 Å². The number of halogens is 3. The summed E-state index contributed by atoms with van der Waals surface area (Å²) < 4.78 is 51.4. The number of carbonyl (C=O) groups is 1. The molecule has 0 spiro atoms. The Bertz CT molecular complexity index is 1150. The number of allylic oxidation sites excluding steroid dienone is 1. The summed E-state index contributed by atoms with van der Waals surface area (Å²) in [4.78, 5) is 15.7. The Morgan fingerprint density at radius 2 is 1.79 bits per heavy atom. The van der Waals surface area contributed by atoms with Gasteiger partial charge in [0.1, 0.15) is 18.2 Å². The Morgan fingerprint density at radius 3 is 2.47 bits per heavy atom. The van der Waals surface area contributed by atoms with E-state index < -0.39 is 11.7 Å². The molecule has 2 aromatic carbocycles. The Hall–Kier alpha value is -3.55. The predicted molar refractivity (Wildman–Crippen MR) is 123 cm³/mol. The van der Waals surface area contributed by atoms with Gasteiger partial charge in [-0.3, -0.25) is 4.79 Å². The van der Waals surface area contributed by atoms with Crippen molar-refractivity contribution in [3.05, 3.63) is 83.2 Å². The van der Waals surface area contributed by atoms with E-state index in [-0.39, 0.29) is 5.97 Å². The third-order valence-electron chi connectivity index (χ3n) is 5.45. The third kappa shape index (κ3) is 6.50. The second-order valence-corrected chi connectivity index (χ2v) is 7.93. The van der Waals surface area contributed by atoms with Gasteiger partial charge in [0.25, 0.3) is 0 Å². The van der Waals surface area contributed by atoms with E-state index in [0.29, 0.717) is 43.1 Å². The molecule has 8 heteroatoms. The summed E-state index contributed by atoms with van der Waals surface area (Å²) >= 11 is 0. The van der Waals surface area contributed by atoms with Crippen molar-refractivity contribution in [1.82, 2.24) is 9.55 Å². The highest BCUT2D eigenvalue weighted by molar-refractivity contribution is 5.69. The van der Waals surface area contributed by atoms with E-state index in [0.717, 1.165) is 29.0 Å². The zero-order valence-electron chi connectivity index (χ0n) is 19.4. The second kappa shape index (κ2) is 11.0. The van der Waals surface area contributed by atoms with E-state index in [1.54, 1.807) is 6.20 Å². The van der Waals surface area contributed by atoms with Crippen LogP contribution in [0.25, 0.3) is 11.4 Å². The topological polar surface area (TPSA) is 53.4 Å². The lowest BCUT2D eigenvalue weighted by Gasteiger charge is -2.15. The van der Waals surface area contributed by atoms with Crippen LogP contribution in [0.15, 0.2) is 66.4 Å². The van der Waals surface area contributed by atoms with Gasteiger partial charge in [0.15, 0.2) is 0 Å². The maximum Gasteiger partial charge on any atom is 0.416 e. The van der Waals surface area contributed by atoms with E-state index in [1.807, 2.05) is 48.8 Å². The van der Waals surface area contributed by atoms with Crippen LogP contribution in [-0.4, -0.2) is 29.2 Å². The van der Waals surface area contributed by atoms with Gasteiger partial charge >= 0.3 is 12.1 Å². The SMILES string of the molecule is COC(=O)CC/C(C)=C/COc1ccccc1Cn1c(C)cnc1-c1ccc(C(F)(F)F)cc1. The number of hydrogen-bond donors (Lipinski definition) is 0. The van der Waals surface area contributed by atoms with Crippen LogP contribution in [0.3, 0.4) is 0 Å². The van der Waals surface area contributed by atoms with Crippen LogP contribution in [0.4, 0.5) is 13.2 Å². The molecule has 0 aliphatic heterocycles. The van der Waals surface area contributed by atoms with E-state index >= 15 is 0 Å². The smallest absolute Gasteiger partial charge is 0.416 e. The highest BCUT2D eigenvalue weighted by Gasteiger charge is 2.30. The minimum absolute atomic E-state index is 0.251. The van der Waals surface area contributed by atoms with Crippen molar-refractivity contribution in [2.24, 2.45) is 0 Å². The van der Waals surface area contributed by atoms with Crippen molar-refractivity contribution in [2.45, 2.75) is 39.4 Å². The number of benzene rings is 2. The Kier molecular flexibility index (Phi) is 8.15. The first-order valence-electron chi connectivity index (χ1n) is 10.8. The molecule has 34 heavy (non-hydrogen) atoms. The Balaban J connectivity index is 1.75. The number of hydrogen-bond acceptors (Lipinski definition) is 4. The first-order chi connectivity index (χ1) is 16.2. The number of imidazole rings is 1. The fraction of sp³-hybridized carbons (Fsp3) is 0.308. The van der Waals surface area contributed by atoms with Crippen LogP contribution < -0.4 is 4.74 Å². The van der Waals surface area contributed by atoms with Gasteiger partial charge in [-0.25, -0.2) is 4.98 Å². The molecule has 0 aliphatic carbocycles. The van der Waals surface area contributed by atoms with Gasteiger partial charge < -0.3 is 14.0 Å². The number of nitrogens with zero attached hydrogens (tertiary/aromatic N) is 2. The van der Waals surface area contributed by atoms with E-state index in [4.69, 9.17) is 4.74 Å². The molecule has 0 aliphatic rings. The molecule has 0 amide bonds. The van der Waals surface area contributed by atoms with Crippen molar-refractivity contribution in [3.63, 3.8) is 0 Å². The van der Waals surface area contributed by atoms with Gasteiger partial charge in [0.2, 0.25) is 0 Å². The van der Waals surface area contributed by atoms with E-state index in [2.05, 4.69) is 9.72 Å². The number of aromatic nitrogens is 2. The van der Waals surface area contributed by atoms with Crippen LogP contribution in [0.1, 0.15) is 36.6 Å². The van der Waals surface area contributed by atoms with E-state index in [1.165, 1.54) is 19.2 Å². The average molecular weight is 473 g/mol. The zero-order valence-corrected chi connectivity index (χ0v) is 19.4. The average Bonchev–Trinajstić information content (AvgIpc) is 3.18. The Labute approximate surface area is 196 Å². The molecule has 0 atom stereocenters. The molecular formula is C26H27F3N2O3. The van der Waals surface area contributed by atoms with Crippen molar-refractivity contribution < 1.29 is 27.4 Å². The van der Waals surface area contributed by atoms with Crippen molar-refractivity contribution >= 4 is 5.97 Å². The number of rotatable bonds is 9. The number of ether oxygens (including phenoxy) is 2. The van der Waals surface area contributed by atoms with Crippen LogP contribution in [0.5, 0.6) is 5.75 Å². The first-order valence-corrected chi connectivity index (χ1v) is 10.8. The number of esters is 1. The number of alkyl halides is 3. The number of methoxy groups -OCH3 is 1. The molecule has 5 nitrogen and oxygen atoms in total. The molecule has 180 valence electrons. The minimum atomic E-state index is -4.38. The number of aryl methyl sites for hydroxylation is 1. The Morgan fingerprint density at radius 1 is 1.09 bits per heavy atom. The molecule has 0 saturated heterocycles. The number of carbonyl (C=O) groups excluding carboxylic acids is 1. The van der Waals surface area contributed by atoms with Gasteiger partial charge in [0, 0.05) is 29.4 Å². The van der Waals surface area contributed by atoms with Crippen LogP contribution in [0.2, 0.25) is 0 Å². The highest BCUT2D eigenvalue weighted by Crippen LogP contribution is 2.31. The highest BCUT2D eigenvalue weighted by atomic mass is 19.4. The molecule has 1 heterocycles. The van der Waals surface area contributed by atoms with Crippen LogP contribution >= 0.6 is 0 Å². The van der Waals surface area contributed by atoms with Crippen molar-refractivity contribution in [3.8, 4) is 17.1 Å². The minimum Gasteiger partial charge on any atom is -0.489 e. The quantitative estimate of drug-likeness (QED) is 0.275. The molecule has 3 rings (SSSR count). The molecule has 1 aromatic heterocycles. The summed E-state index contributed by atoms with van der Waals surface area (Å²) in [5, 5.41) is 0. The summed E-state index contributed by atoms with van der Waals surface area (Å²) in [6.07, 6.45) is 0.163. The van der Waals surface area contributed by atoms with Gasteiger partial charge in [-0.15, -0.1) is 0 Å². The fourth-order valence-electron chi connectivity index (χ4n) is 3.42. The second-order valence-electron chi connectivity index (χ2n) is 7.93. The van der Waals surface area contributed by atoms with Crippen LogP contribution in [0, 0.1) is 6.92 Å². The summed E-state index contributed by atoms with van der Waals surface area (Å²) in [6.45, 7) is 4.63. The van der Waals surface area contributed by atoms with Crippen molar-refractivity contribution in [1.29, 1.82) is 0 Å². The largest absolute Gasteiger partial charge is 0.489 e. The maximum atomic E-state index is 12.9. The lowest BCUT2D eigenvalue weighted by Crippen LogP contribution is -2.07. The normalized spacial score (nSPS) is 12.0. The summed E-state index contributed by atoms with van der Waals surface area (Å²) in [5.41, 5.74) is 2.72. The monoisotopic (exact) mass is 472 g/mol. The fourth-order valence-corrected chi connectivity index (χ4v) is 3.42. The molecule has 0 fully saturated rings. The molecule has 0 bridgehead atoms. The predicted octanol–water partition coefficient (Wildman–Crippen LogP) is 6.20. The lowest BCUT2D eigenvalue weighted by atomic mass is 10.1. The lowest BCUT2D eigenvalue weighted by molar-refractivity contribution is -0.140. The number of para-hydroxylation sites is 1. The molecule has 0 unspecified atom stereocenters. The molecule has 3 aromatic rings. The standard InChI is InChI=1S/C26H27F3N2O3/c1-18(8-13-24(32)33-3)14-15-34-23-7-5-4-6-21(23)17-31-19(2)16-30-25(31)20-9-11-22(12-10-20)26(27,28)29/h4-7,9-12,14,16H,8,13,15,17H2,1-3H3/b18-14+. The van der Waals surface area contributed by atoms with Gasteiger partial charge in [-0.05, 0) is 44.5 Å². The molecular weight excluding hydrogens is 445 g/mol. The third-order valence-corrected chi connectivity index (χ3v) is 5.45. The van der Waals surface area contributed by atoms with Crippen molar-refractivity contribution in [2.75, 3.05) is 13.7 Å². The molecule has 0 saturated carbocycles. The van der Waals surface area contributed by atoms with Gasteiger partial charge in [-0.2, -0.15) is 13.2 Å². The van der Waals surface area contributed by atoms with Gasteiger partial charge in [0.05, 0.1) is 19.2 Å². The summed E-state index contributed by atoms with van der Waals surface area (Å²) in [6, 6.07) is 12.6. The summed E-state index contributed by atoms with van der Waals surface area (Å²) in [7, 11) is 1.37.